The summed E-state index contributed by atoms with van der Waals surface area (Å²) in [6.45, 7) is 4.72. The molecule has 176 valence electrons. The van der Waals surface area contributed by atoms with Crippen molar-refractivity contribution in [3.05, 3.63) is 71.2 Å². The lowest BCUT2D eigenvalue weighted by Gasteiger charge is -2.19. The lowest BCUT2D eigenvalue weighted by molar-refractivity contribution is -0.118. The summed E-state index contributed by atoms with van der Waals surface area (Å²) in [5.41, 5.74) is 8.44. The molecule has 0 saturated carbocycles. The summed E-state index contributed by atoms with van der Waals surface area (Å²) in [7, 11) is 0. The highest BCUT2D eigenvalue weighted by Gasteiger charge is 2.35. The number of hydrogen-bond donors (Lipinski definition) is 2. The largest absolute Gasteiger partial charge is 0.383 e. The van der Waals surface area contributed by atoms with Gasteiger partial charge in [0.2, 0.25) is 5.91 Å². The Labute approximate surface area is 194 Å². The third kappa shape index (κ3) is 3.61. The van der Waals surface area contributed by atoms with Gasteiger partial charge in [-0.3, -0.25) is 4.79 Å². The fraction of sp³-hybridized carbons (Fsp3) is 0.280. The van der Waals surface area contributed by atoms with Crippen molar-refractivity contribution in [1.82, 2.24) is 4.57 Å². The first kappa shape index (κ1) is 22.1. The van der Waals surface area contributed by atoms with Crippen molar-refractivity contribution in [2.45, 2.75) is 32.2 Å². The monoisotopic (exact) mass is 467 g/mol. The summed E-state index contributed by atoms with van der Waals surface area (Å²) >= 11 is 0. The highest BCUT2D eigenvalue weighted by molar-refractivity contribution is 6.09. The molecule has 2 aromatic carbocycles. The number of carbonyl (C=O) groups excluding carboxylic acids is 1. The third-order valence-corrected chi connectivity index (χ3v) is 6.39. The fourth-order valence-corrected chi connectivity index (χ4v) is 4.77. The molecule has 1 aromatic heterocycles. The number of nitrogens with zero attached hydrogens (tertiary/aromatic N) is 3. The predicted octanol–water partition coefficient (Wildman–Crippen LogP) is 4.76. The molecular formula is C25H24F3N5O. The van der Waals surface area contributed by atoms with Gasteiger partial charge in [0.1, 0.15) is 35.8 Å². The lowest BCUT2D eigenvalue weighted by atomic mass is 9.97. The number of aliphatic imine (C=N–C) groups is 1. The molecule has 1 atom stereocenters. The van der Waals surface area contributed by atoms with Crippen LogP contribution in [0.4, 0.5) is 24.7 Å². The second-order valence-corrected chi connectivity index (χ2v) is 8.84. The van der Waals surface area contributed by atoms with E-state index in [4.69, 9.17) is 5.73 Å². The quantitative estimate of drug-likeness (QED) is 0.581. The molecule has 1 unspecified atom stereocenters. The number of nitrogens with one attached hydrogen (secondary N) is 1. The van der Waals surface area contributed by atoms with E-state index in [1.54, 1.807) is 12.1 Å². The number of carbonyl (C=O) groups is 1. The Morgan fingerprint density at radius 2 is 1.82 bits per heavy atom. The number of amidine groups is 1. The zero-order valence-corrected chi connectivity index (χ0v) is 18.8. The second-order valence-electron chi connectivity index (χ2n) is 8.84. The van der Waals surface area contributed by atoms with Crippen molar-refractivity contribution in [1.29, 1.82) is 0 Å². The Morgan fingerprint density at radius 3 is 2.50 bits per heavy atom. The van der Waals surface area contributed by atoms with Gasteiger partial charge in [-0.1, -0.05) is 0 Å². The number of benzene rings is 2. The SMILES string of the molecule is CC(C)n1cc(-c2ccc(N3CCC(c4cc(F)cc(F)c4)C3=O)cc2F)c2c1NCN=C2N. The molecule has 2 aliphatic heterocycles. The van der Waals surface area contributed by atoms with Gasteiger partial charge in [0, 0.05) is 41.7 Å². The Morgan fingerprint density at radius 1 is 1.09 bits per heavy atom. The van der Waals surface area contributed by atoms with Gasteiger partial charge >= 0.3 is 0 Å². The summed E-state index contributed by atoms with van der Waals surface area (Å²) in [6, 6.07) is 7.83. The first-order valence-electron chi connectivity index (χ1n) is 11.1. The van der Waals surface area contributed by atoms with Gasteiger partial charge in [-0.25, -0.2) is 18.2 Å². The van der Waals surface area contributed by atoms with Gasteiger partial charge in [0.25, 0.3) is 0 Å². The Bertz CT molecular complexity index is 1310. The van der Waals surface area contributed by atoms with E-state index < -0.39 is 23.4 Å². The minimum atomic E-state index is -0.731. The van der Waals surface area contributed by atoms with Crippen LogP contribution in [0.2, 0.25) is 0 Å². The molecule has 5 rings (SSSR count). The molecule has 34 heavy (non-hydrogen) atoms. The predicted molar refractivity (Wildman–Crippen MR) is 125 cm³/mol. The van der Waals surface area contributed by atoms with Crippen molar-refractivity contribution < 1.29 is 18.0 Å². The van der Waals surface area contributed by atoms with E-state index in [-0.39, 0.29) is 17.5 Å². The summed E-state index contributed by atoms with van der Waals surface area (Å²) < 4.78 is 44.7. The number of amides is 1. The van der Waals surface area contributed by atoms with E-state index >= 15 is 4.39 Å². The average Bonchev–Trinajstić information content (AvgIpc) is 3.35. The Kier molecular flexibility index (Phi) is 5.34. The van der Waals surface area contributed by atoms with E-state index in [1.165, 1.54) is 23.1 Å². The average molecular weight is 467 g/mol. The van der Waals surface area contributed by atoms with E-state index in [9.17, 15) is 13.6 Å². The Hall–Kier alpha value is -3.75. The summed E-state index contributed by atoms with van der Waals surface area (Å²) in [6.07, 6.45) is 2.23. The highest BCUT2D eigenvalue weighted by atomic mass is 19.1. The number of aromatic nitrogens is 1. The molecule has 3 N–H and O–H groups in total. The van der Waals surface area contributed by atoms with Gasteiger partial charge in [0.15, 0.2) is 0 Å². The van der Waals surface area contributed by atoms with Crippen LogP contribution in [-0.4, -0.2) is 29.5 Å². The molecule has 1 fully saturated rings. The van der Waals surface area contributed by atoms with Gasteiger partial charge in [-0.05, 0) is 56.2 Å². The number of halogens is 3. The van der Waals surface area contributed by atoms with Gasteiger partial charge < -0.3 is 20.5 Å². The summed E-state index contributed by atoms with van der Waals surface area (Å²) in [5.74, 6) is -1.83. The Balaban J connectivity index is 1.48. The van der Waals surface area contributed by atoms with Gasteiger partial charge in [-0.2, -0.15) is 0 Å². The maximum atomic E-state index is 15.4. The van der Waals surface area contributed by atoms with E-state index in [1.807, 2.05) is 24.6 Å². The number of hydrogen-bond acceptors (Lipinski definition) is 4. The second kappa shape index (κ2) is 8.23. The maximum Gasteiger partial charge on any atom is 0.234 e. The summed E-state index contributed by atoms with van der Waals surface area (Å²) in [5, 5.41) is 3.21. The lowest BCUT2D eigenvalue weighted by Crippen LogP contribution is -2.26. The van der Waals surface area contributed by atoms with Crippen LogP contribution in [0.25, 0.3) is 11.1 Å². The molecule has 0 bridgehead atoms. The third-order valence-electron chi connectivity index (χ3n) is 6.39. The smallest absolute Gasteiger partial charge is 0.234 e. The number of fused-ring (bicyclic) bond motifs is 1. The first-order valence-corrected chi connectivity index (χ1v) is 11.1. The van der Waals surface area contributed by atoms with Crippen LogP contribution in [-0.2, 0) is 4.79 Å². The normalized spacial score (nSPS) is 17.7. The zero-order valence-electron chi connectivity index (χ0n) is 18.8. The van der Waals surface area contributed by atoms with E-state index in [0.29, 0.717) is 47.8 Å². The number of rotatable bonds is 4. The van der Waals surface area contributed by atoms with Crippen LogP contribution in [0.3, 0.4) is 0 Å². The molecular weight excluding hydrogens is 443 g/mol. The van der Waals surface area contributed by atoms with Crippen molar-refractivity contribution in [2.24, 2.45) is 10.7 Å². The standard InChI is InChI=1S/C25H24F3N5O/c1-13(2)33-11-20(22-23(29)30-12-31-24(22)33)19-4-3-17(10-21(19)28)32-6-5-18(25(32)34)14-7-15(26)9-16(27)8-14/h3-4,7-11,13,18,31H,5-6,12H2,1-2H3,(H2,29,30). The molecule has 2 aliphatic rings. The minimum Gasteiger partial charge on any atom is -0.383 e. The zero-order chi connectivity index (χ0) is 24.1. The topological polar surface area (TPSA) is 75.7 Å². The van der Waals surface area contributed by atoms with Crippen molar-refractivity contribution in [2.75, 3.05) is 23.4 Å². The molecule has 3 aromatic rings. The fourth-order valence-electron chi connectivity index (χ4n) is 4.77. The van der Waals surface area contributed by atoms with E-state index in [0.717, 1.165) is 11.9 Å². The van der Waals surface area contributed by atoms with Crippen LogP contribution in [0, 0.1) is 17.5 Å². The van der Waals surface area contributed by atoms with Crippen molar-refractivity contribution >= 4 is 23.2 Å². The highest BCUT2D eigenvalue weighted by Crippen LogP contribution is 2.39. The minimum absolute atomic E-state index is 0.120. The van der Waals surface area contributed by atoms with Crippen LogP contribution >= 0.6 is 0 Å². The van der Waals surface area contributed by atoms with Crippen molar-refractivity contribution in [3.8, 4) is 11.1 Å². The van der Waals surface area contributed by atoms with Crippen LogP contribution in [0.5, 0.6) is 0 Å². The first-order chi connectivity index (χ1) is 16.2. The van der Waals surface area contributed by atoms with E-state index in [2.05, 4.69) is 10.3 Å². The van der Waals surface area contributed by atoms with Crippen LogP contribution in [0.15, 0.2) is 47.6 Å². The molecule has 3 heterocycles. The molecule has 0 aliphatic carbocycles. The number of nitrogens with two attached hydrogens (primary N) is 1. The molecule has 1 amide bonds. The van der Waals surface area contributed by atoms with Gasteiger partial charge in [-0.15, -0.1) is 0 Å². The molecule has 1 saturated heterocycles. The van der Waals surface area contributed by atoms with Crippen molar-refractivity contribution in [3.63, 3.8) is 0 Å². The summed E-state index contributed by atoms with van der Waals surface area (Å²) in [4.78, 5) is 18.7. The van der Waals surface area contributed by atoms with Crippen LogP contribution < -0.4 is 16.0 Å². The molecule has 0 radical (unpaired) electrons. The van der Waals surface area contributed by atoms with Crippen LogP contribution in [0.1, 0.15) is 43.4 Å². The molecule has 9 heteroatoms. The molecule has 6 nitrogen and oxygen atoms in total. The van der Waals surface area contributed by atoms with Gasteiger partial charge in [0.05, 0.1) is 11.5 Å². The molecule has 0 spiro atoms. The number of anilines is 2. The maximum absolute atomic E-state index is 15.4.